The molecule has 232 valence electrons. The quantitative estimate of drug-likeness (QED) is 0.303. The van der Waals surface area contributed by atoms with Crippen molar-refractivity contribution in [3.8, 4) is 17.2 Å². The molecule has 0 saturated heterocycles. The summed E-state index contributed by atoms with van der Waals surface area (Å²) in [6, 6.07) is 16.4. The van der Waals surface area contributed by atoms with Crippen LogP contribution in [0.5, 0.6) is 17.2 Å². The first-order chi connectivity index (χ1) is 20.2. The van der Waals surface area contributed by atoms with Gasteiger partial charge >= 0.3 is 0 Å². The number of hydrogen-bond acceptors (Lipinski definition) is 7. The van der Waals surface area contributed by atoms with Crippen molar-refractivity contribution in [3.05, 3.63) is 77.3 Å². The Balaban J connectivity index is 2.08. The zero-order chi connectivity index (χ0) is 31.9. The molecular formula is C31H38ClN3O7S. The highest BCUT2D eigenvalue weighted by Gasteiger charge is 2.34. The van der Waals surface area contributed by atoms with Gasteiger partial charge in [-0.15, -0.1) is 0 Å². The first kappa shape index (κ1) is 33.5. The Hall–Kier alpha value is -3.96. The number of anilines is 1. The second-order valence-electron chi connectivity index (χ2n) is 10.8. The van der Waals surface area contributed by atoms with E-state index < -0.39 is 34.1 Å². The standard InChI is InChI=1S/C31H38ClN3O7S/c1-21(30(37)33-31(2,3)4)34(19-22-9-8-10-25(17-22)40-5)29(36)20-35(24-13-11-23(32)12-14-24)43(38,39)26-15-16-27(41-6)28(18-26)42-7/h8-18,21H,19-20H2,1-7H3,(H,33,37)/t21-/m0/s1. The normalized spacial score (nSPS) is 12.2. The molecule has 12 heteroatoms. The zero-order valence-electron chi connectivity index (χ0n) is 25.4. The number of amides is 2. The maximum atomic E-state index is 14.1. The third-order valence-electron chi connectivity index (χ3n) is 6.49. The highest BCUT2D eigenvalue weighted by Crippen LogP contribution is 2.33. The molecule has 0 fully saturated rings. The molecule has 0 heterocycles. The van der Waals surface area contributed by atoms with Crippen LogP contribution in [0.4, 0.5) is 5.69 Å². The average molecular weight is 632 g/mol. The van der Waals surface area contributed by atoms with Crippen molar-refractivity contribution in [1.29, 1.82) is 0 Å². The van der Waals surface area contributed by atoms with E-state index >= 15 is 0 Å². The van der Waals surface area contributed by atoms with Gasteiger partial charge in [-0.25, -0.2) is 8.42 Å². The SMILES string of the molecule is COc1cccc(CN(C(=O)CN(c2ccc(Cl)cc2)S(=O)(=O)c2ccc(OC)c(OC)c2)[C@@H](C)C(=O)NC(C)(C)C)c1. The fraction of sp³-hybridized carbons (Fsp3) is 0.355. The predicted octanol–water partition coefficient (Wildman–Crippen LogP) is 4.89. The van der Waals surface area contributed by atoms with Crippen molar-refractivity contribution in [2.45, 2.75) is 50.7 Å². The van der Waals surface area contributed by atoms with Crippen LogP contribution in [0.3, 0.4) is 0 Å². The largest absolute Gasteiger partial charge is 0.497 e. The molecule has 0 aliphatic heterocycles. The Morgan fingerprint density at radius 3 is 2.14 bits per heavy atom. The van der Waals surface area contributed by atoms with Gasteiger partial charge in [-0.3, -0.25) is 13.9 Å². The van der Waals surface area contributed by atoms with Crippen molar-refractivity contribution in [2.24, 2.45) is 0 Å². The molecular weight excluding hydrogens is 594 g/mol. The molecule has 3 aromatic rings. The number of carbonyl (C=O) groups is 2. The summed E-state index contributed by atoms with van der Waals surface area (Å²) < 4.78 is 45.1. The lowest BCUT2D eigenvalue weighted by atomic mass is 10.1. The lowest BCUT2D eigenvalue weighted by Gasteiger charge is -2.33. The number of nitrogens with zero attached hydrogens (tertiary/aromatic N) is 2. The molecule has 3 rings (SSSR count). The van der Waals surface area contributed by atoms with Crippen molar-refractivity contribution in [2.75, 3.05) is 32.2 Å². The summed E-state index contributed by atoms with van der Waals surface area (Å²) in [4.78, 5) is 28.6. The molecule has 0 spiro atoms. The van der Waals surface area contributed by atoms with Gasteiger partial charge in [-0.1, -0.05) is 23.7 Å². The number of ether oxygens (including phenoxy) is 3. The maximum Gasteiger partial charge on any atom is 0.264 e. The third kappa shape index (κ3) is 8.55. The van der Waals surface area contributed by atoms with Crippen LogP contribution in [0.15, 0.2) is 71.6 Å². The molecule has 0 saturated carbocycles. The van der Waals surface area contributed by atoms with Gasteiger partial charge in [0.2, 0.25) is 11.8 Å². The number of nitrogens with one attached hydrogen (secondary N) is 1. The summed E-state index contributed by atoms with van der Waals surface area (Å²) in [5.41, 5.74) is 0.354. The third-order valence-corrected chi connectivity index (χ3v) is 8.51. The predicted molar refractivity (Wildman–Crippen MR) is 166 cm³/mol. The topological polar surface area (TPSA) is 114 Å². The van der Waals surface area contributed by atoms with Gasteiger partial charge in [0, 0.05) is 23.2 Å². The van der Waals surface area contributed by atoms with Gasteiger partial charge in [-0.2, -0.15) is 0 Å². The van der Waals surface area contributed by atoms with Crippen LogP contribution in [0, 0.1) is 0 Å². The fourth-order valence-electron chi connectivity index (χ4n) is 4.26. The van der Waals surface area contributed by atoms with Crippen molar-refractivity contribution in [1.82, 2.24) is 10.2 Å². The number of sulfonamides is 1. The van der Waals surface area contributed by atoms with Crippen LogP contribution < -0.4 is 23.8 Å². The van der Waals surface area contributed by atoms with Gasteiger partial charge in [0.1, 0.15) is 18.3 Å². The lowest BCUT2D eigenvalue weighted by Crippen LogP contribution is -2.54. The van der Waals surface area contributed by atoms with E-state index in [0.29, 0.717) is 22.1 Å². The molecule has 1 atom stereocenters. The molecule has 0 bridgehead atoms. The van der Waals surface area contributed by atoms with E-state index in [2.05, 4.69) is 5.32 Å². The zero-order valence-corrected chi connectivity index (χ0v) is 27.0. The molecule has 0 aromatic heterocycles. The highest BCUT2D eigenvalue weighted by molar-refractivity contribution is 7.92. The van der Waals surface area contributed by atoms with E-state index in [4.69, 9.17) is 25.8 Å². The van der Waals surface area contributed by atoms with E-state index in [1.165, 1.54) is 68.7 Å². The van der Waals surface area contributed by atoms with E-state index in [-0.39, 0.29) is 28.8 Å². The minimum Gasteiger partial charge on any atom is -0.497 e. The maximum absolute atomic E-state index is 14.1. The van der Waals surface area contributed by atoms with Crippen molar-refractivity contribution < 1.29 is 32.2 Å². The fourth-order valence-corrected chi connectivity index (χ4v) is 5.82. The van der Waals surface area contributed by atoms with Gasteiger partial charge < -0.3 is 24.4 Å². The Morgan fingerprint density at radius 2 is 1.56 bits per heavy atom. The number of halogens is 1. The first-order valence-electron chi connectivity index (χ1n) is 13.4. The summed E-state index contributed by atoms with van der Waals surface area (Å²) in [5.74, 6) is 0.148. The van der Waals surface area contributed by atoms with Crippen molar-refractivity contribution >= 4 is 39.1 Å². The molecule has 43 heavy (non-hydrogen) atoms. The Morgan fingerprint density at radius 1 is 0.907 bits per heavy atom. The number of rotatable bonds is 12. The second kappa shape index (κ2) is 14.0. The van der Waals surface area contributed by atoms with E-state index in [0.717, 1.165) is 4.31 Å². The summed E-state index contributed by atoms with van der Waals surface area (Å²) in [5, 5.41) is 3.30. The summed E-state index contributed by atoms with van der Waals surface area (Å²) in [6.45, 7) is 6.54. The van der Waals surface area contributed by atoms with Crippen LogP contribution >= 0.6 is 11.6 Å². The van der Waals surface area contributed by atoms with Gasteiger partial charge in [0.15, 0.2) is 11.5 Å². The number of hydrogen-bond donors (Lipinski definition) is 1. The Labute approximate surface area is 258 Å². The van der Waals surface area contributed by atoms with E-state index in [1.54, 1.807) is 31.2 Å². The van der Waals surface area contributed by atoms with Gasteiger partial charge in [0.05, 0.1) is 31.9 Å². The van der Waals surface area contributed by atoms with Crippen molar-refractivity contribution in [3.63, 3.8) is 0 Å². The Bertz CT molecular complexity index is 1540. The molecule has 0 aliphatic rings. The van der Waals surface area contributed by atoms with Crippen LogP contribution in [-0.4, -0.2) is 64.6 Å². The lowest BCUT2D eigenvalue weighted by molar-refractivity contribution is -0.140. The van der Waals surface area contributed by atoms with Crippen LogP contribution in [-0.2, 0) is 26.2 Å². The monoisotopic (exact) mass is 631 g/mol. The van der Waals surface area contributed by atoms with E-state index in [9.17, 15) is 18.0 Å². The molecule has 10 nitrogen and oxygen atoms in total. The van der Waals surface area contributed by atoms with Crippen LogP contribution in [0.1, 0.15) is 33.3 Å². The van der Waals surface area contributed by atoms with Gasteiger partial charge in [0.25, 0.3) is 10.0 Å². The minimum atomic E-state index is -4.32. The molecule has 1 N–H and O–H groups in total. The molecule has 2 amide bonds. The average Bonchev–Trinajstić information content (AvgIpc) is 2.97. The molecule has 0 radical (unpaired) electrons. The molecule has 3 aromatic carbocycles. The summed E-state index contributed by atoms with van der Waals surface area (Å²) in [7, 11) is 0.0485. The number of carbonyl (C=O) groups excluding carboxylic acids is 2. The molecule has 0 unspecified atom stereocenters. The number of benzene rings is 3. The minimum absolute atomic E-state index is 0.0274. The first-order valence-corrected chi connectivity index (χ1v) is 15.3. The smallest absolute Gasteiger partial charge is 0.264 e. The van der Waals surface area contributed by atoms with Crippen LogP contribution in [0.25, 0.3) is 0 Å². The van der Waals surface area contributed by atoms with Gasteiger partial charge in [-0.05, 0) is 81.8 Å². The second-order valence-corrected chi connectivity index (χ2v) is 13.1. The van der Waals surface area contributed by atoms with Crippen LogP contribution in [0.2, 0.25) is 5.02 Å². The highest BCUT2D eigenvalue weighted by atomic mass is 35.5. The summed E-state index contributed by atoms with van der Waals surface area (Å²) in [6.07, 6.45) is 0. The molecule has 0 aliphatic carbocycles. The number of methoxy groups -OCH3 is 3. The van der Waals surface area contributed by atoms with E-state index in [1.807, 2.05) is 20.8 Å². The Kier molecular flexibility index (Phi) is 10.9. The summed E-state index contributed by atoms with van der Waals surface area (Å²) >= 11 is 6.09.